The van der Waals surface area contributed by atoms with Gasteiger partial charge in [-0.1, -0.05) is 123 Å². The van der Waals surface area contributed by atoms with Crippen LogP contribution in [0.15, 0.2) is 170 Å². The largest absolute Gasteiger partial charge is 0.256 e. The topological polar surface area (TPSA) is 62.5 Å². The first-order valence-electron chi connectivity index (χ1n) is 17.8. The number of aromatic nitrogens is 3. The maximum Gasteiger partial charge on any atom is 0.160 e. The average molecular weight is 679 g/mol. The van der Waals surface area contributed by atoms with Crippen molar-refractivity contribution in [1.82, 2.24) is 15.0 Å². The smallest absolute Gasteiger partial charge is 0.160 e. The molecule has 2 heterocycles. The van der Waals surface area contributed by atoms with Crippen LogP contribution in [0.25, 0.3) is 78.5 Å². The molecule has 0 radical (unpaired) electrons. The van der Waals surface area contributed by atoms with Gasteiger partial charge in [0.05, 0.1) is 28.7 Å². The molecule has 0 saturated carbocycles. The minimum atomic E-state index is -0.253. The third-order valence-corrected chi connectivity index (χ3v) is 10.4. The van der Waals surface area contributed by atoms with Crippen molar-refractivity contribution in [3.8, 4) is 84.6 Å². The molecular formula is C49H34N4. The van der Waals surface area contributed by atoms with Gasteiger partial charge in [0, 0.05) is 33.9 Å². The van der Waals surface area contributed by atoms with E-state index in [1.54, 1.807) is 0 Å². The van der Waals surface area contributed by atoms with Crippen molar-refractivity contribution in [2.24, 2.45) is 0 Å². The summed E-state index contributed by atoms with van der Waals surface area (Å²) in [5.41, 5.74) is 16.3. The van der Waals surface area contributed by atoms with E-state index >= 15 is 0 Å². The number of rotatable bonds is 6. The fourth-order valence-electron chi connectivity index (χ4n) is 7.53. The molecular weight excluding hydrogens is 645 g/mol. The van der Waals surface area contributed by atoms with Gasteiger partial charge in [0.1, 0.15) is 0 Å². The first kappa shape index (κ1) is 32.0. The molecule has 6 aromatic carbocycles. The number of nitriles is 1. The third-order valence-electron chi connectivity index (χ3n) is 10.4. The Bertz CT molecular complexity index is 2670. The quantitative estimate of drug-likeness (QED) is 0.176. The first-order chi connectivity index (χ1) is 25.9. The van der Waals surface area contributed by atoms with Gasteiger partial charge in [-0.3, -0.25) is 4.98 Å². The zero-order valence-corrected chi connectivity index (χ0v) is 29.5. The molecule has 0 saturated heterocycles. The average Bonchev–Trinajstić information content (AvgIpc) is 3.46. The van der Waals surface area contributed by atoms with E-state index in [1.807, 2.05) is 60.8 Å². The van der Waals surface area contributed by atoms with E-state index in [-0.39, 0.29) is 5.41 Å². The SMILES string of the molecule is CC1(C)c2cc(C#N)ccc2-c2ccc(-c3cc(-c4ccccn4)cc(-c4cc(-c5ccc(-c6ccccc6)cc5)nc(-c5ccccc5)n4)c3)cc21. The number of pyridine rings is 1. The molecule has 0 atom stereocenters. The van der Waals surface area contributed by atoms with Crippen molar-refractivity contribution in [2.75, 3.05) is 0 Å². The standard InChI is InChI=1S/C49H34N4/c1-49(2)43-25-32(31-50)16-22-41(43)42-23-21-37(29-44(42)49)38-26-39(45-15-9-10-24-51-45)28-40(27-38)47-30-46(52-48(53-47)36-13-7-4-8-14-36)35-19-17-34(18-20-35)33-11-5-3-6-12-33/h3-30H,1-2H3. The molecule has 250 valence electrons. The predicted octanol–water partition coefficient (Wildman–Crippen LogP) is 12.1. The minimum Gasteiger partial charge on any atom is -0.256 e. The zero-order valence-electron chi connectivity index (χ0n) is 29.5. The number of hydrogen-bond acceptors (Lipinski definition) is 4. The van der Waals surface area contributed by atoms with E-state index in [2.05, 4.69) is 129 Å². The highest BCUT2D eigenvalue weighted by Crippen LogP contribution is 2.50. The van der Waals surface area contributed by atoms with Crippen LogP contribution in [0.4, 0.5) is 0 Å². The number of hydrogen-bond donors (Lipinski definition) is 0. The van der Waals surface area contributed by atoms with E-state index in [0.29, 0.717) is 11.4 Å². The van der Waals surface area contributed by atoms with Gasteiger partial charge in [-0.25, -0.2) is 9.97 Å². The van der Waals surface area contributed by atoms with Gasteiger partial charge in [0.2, 0.25) is 0 Å². The summed E-state index contributed by atoms with van der Waals surface area (Å²) in [5.74, 6) is 0.670. The molecule has 0 spiro atoms. The predicted molar refractivity (Wildman–Crippen MR) is 215 cm³/mol. The Morgan fingerprint density at radius 2 is 0.981 bits per heavy atom. The summed E-state index contributed by atoms with van der Waals surface area (Å²) < 4.78 is 0. The highest BCUT2D eigenvalue weighted by Gasteiger charge is 2.36. The van der Waals surface area contributed by atoms with E-state index in [4.69, 9.17) is 15.0 Å². The van der Waals surface area contributed by atoms with Crippen molar-refractivity contribution in [3.05, 3.63) is 187 Å². The first-order valence-corrected chi connectivity index (χ1v) is 17.8. The van der Waals surface area contributed by atoms with E-state index in [9.17, 15) is 5.26 Å². The summed E-state index contributed by atoms with van der Waals surface area (Å²) in [4.78, 5) is 15.1. The highest BCUT2D eigenvalue weighted by molar-refractivity contribution is 5.86. The van der Waals surface area contributed by atoms with Crippen molar-refractivity contribution in [3.63, 3.8) is 0 Å². The fourth-order valence-corrected chi connectivity index (χ4v) is 7.53. The molecule has 53 heavy (non-hydrogen) atoms. The molecule has 1 aliphatic rings. The summed E-state index contributed by atoms with van der Waals surface area (Å²) >= 11 is 0. The number of benzene rings is 6. The van der Waals surface area contributed by atoms with Crippen LogP contribution in [0.5, 0.6) is 0 Å². The summed E-state index contributed by atoms with van der Waals surface area (Å²) in [5, 5.41) is 9.64. The Hall–Kier alpha value is -6.96. The molecule has 8 aromatic rings. The van der Waals surface area contributed by atoms with Crippen LogP contribution < -0.4 is 0 Å². The summed E-state index contributed by atoms with van der Waals surface area (Å²) in [6.45, 7) is 4.50. The maximum atomic E-state index is 9.64. The zero-order chi connectivity index (χ0) is 35.9. The van der Waals surface area contributed by atoms with Crippen LogP contribution in [0.2, 0.25) is 0 Å². The lowest BCUT2D eigenvalue weighted by atomic mass is 9.81. The van der Waals surface area contributed by atoms with E-state index in [1.165, 1.54) is 27.8 Å². The van der Waals surface area contributed by atoms with Gasteiger partial charge in [0.15, 0.2) is 5.82 Å². The van der Waals surface area contributed by atoms with Gasteiger partial charge in [-0.2, -0.15) is 5.26 Å². The monoisotopic (exact) mass is 678 g/mol. The Labute approximate surface area is 309 Å². The van der Waals surface area contributed by atoms with Crippen LogP contribution in [0, 0.1) is 11.3 Å². The molecule has 4 heteroatoms. The lowest BCUT2D eigenvalue weighted by molar-refractivity contribution is 0.660. The molecule has 0 N–H and O–H groups in total. The molecule has 2 aromatic heterocycles. The Kier molecular flexibility index (Phi) is 7.83. The number of fused-ring (bicyclic) bond motifs is 3. The highest BCUT2D eigenvalue weighted by atomic mass is 14.9. The summed E-state index contributed by atoms with van der Waals surface area (Å²) in [7, 11) is 0. The van der Waals surface area contributed by atoms with Crippen molar-refractivity contribution in [2.45, 2.75) is 19.3 Å². The molecule has 0 unspecified atom stereocenters. The van der Waals surface area contributed by atoms with Crippen LogP contribution in [0.1, 0.15) is 30.5 Å². The van der Waals surface area contributed by atoms with Gasteiger partial charge >= 0.3 is 0 Å². The molecule has 0 bridgehead atoms. The van der Waals surface area contributed by atoms with Gasteiger partial charge in [-0.05, 0) is 99.1 Å². The molecule has 0 amide bonds. The van der Waals surface area contributed by atoms with Gasteiger partial charge in [0.25, 0.3) is 0 Å². The second-order valence-electron chi connectivity index (χ2n) is 14.0. The van der Waals surface area contributed by atoms with Crippen LogP contribution >= 0.6 is 0 Å². The molecule has 0 fully saturated rings. The minimum absolute atomic E-state index is 0.253. The van der Waals surface area contributed by atoms with Crippen molar-refractivity contribution in [1.29, 1.82) is 5.26 Å². The summed E-state index contributed by atoms with van der Waals surface area (Å²) in [6, 6.07) is 59.1. The Morgan fingerprint density at radius 1 is 0.434 bits per heavy atom. The number of nitrogens with zero attached hydrogens (tertiary/aromatic N) is 4. The fraction of sp³-hybridized carbons (Fsp3) is 0.0612. The van der Waals surface area contributed by atoms with E-state index < -0.39 is 0 Å². The Balaban J connectivity index is 1.20. The molecule has 4 nitrogen and oxygen atoms in total. The van der Waals surface area contributed by atoms with E-state index in [0.717, 1.165) is 56.0 Å². The molecule has 1 aliphatic carbocycles. The van der Waals surface area contributed by atoms with Crippen molar-refractivity contribution < 1.29 is 0 Å². The van der Waals surface area contributed by atoms with Crippen LogP contribution in [-0.2, 0) is 5.41 Å². The maximum absolute atomic E-state index is 9.64. The van der Waals surface area contributed by atoms with Crippen LogP contribution in [-0.4, -0.2) is 15.0 Å². The summed E-state index contributed by atoms with van der Waals surface area (Å²) in [6.07, 6.45) is 1.84. The van der Waals surface area contributed by atoms with Gasteiger partial charge in [-0.15, -0.1) is 0 Å². The lowest BCUT2D eigenvalue weighted by Crippen LogP contribution is -2.15. The molecule has 9 rings (SSSR count). The Morgan fingerprint density at radius 3 is 1.66 bits per heavy atom. The normalized spacial score (nSPS) is 12.5. The second-order valence-corrected chi connectivity index (χ2v) is 14.0. The van der Waals surface area contributed by atoms with Gasteiger partial charge < -0.3 is 0 Å². The third kappa shape index (κ3) is 5.89. The van der Waals surface area contributed by atoms with Crippen LogP contribution in [0.3, 0.4) is 0 Å². The second kappa shape index (κ2) is 13.0. The lowest BCUT2D eigenvalue weighted by Gasteiger charge is -2.22. The molecule has 0 aliphatic heterocycles. The van der Waals surface area contributed by atoms with Crippen molar-refractivity contribution >= 4 is 0 Å².